The first-order valence-corrected chi connectivity index (χ1v) is 6.97. The number of aryl methyl sites for hydroxylation is 1. The van der Waals surface area contributed by atoms with E-state index in [1.807, 2.05) is 6.26 Å². The maximum atomic E-state index is 12.9. The molecule has 0 aliphatic rings. The SMILES string of the molecule is CSCC(C)CNC(=O)c1ccc(F)cc1C. The number of hydrogen-bond donors (Lipinski definition) is 1. The van der Waals surface area contributed by atoms with E-state index in [0.717, 1.165) is 5.75 Å². The number of thioether (sulfide) groups is 1. The number of halogens is 1. The van der Waals surface area contributed by atoms with Gasteiger partial charge in [0.1, 0.15) is 5.82 Å². The van der Waals surface area contributed by atoms with Gasteiger partial charge in [0.25, 0.3) is 5.91 Å². The Morgan fingerprint density at radius 3 is 2.82 bits per heavy atom. The van der Waals surface area contributed by atoms with Crippen LogP contribution in [0.25, 0.3) is 0 Å². The molecule has 17 heavy (non-hydrogen) atoms. The number of carbonyl (C=O) groups is 1. The van der Waals surface area contributed by atoms with Crippen molar-refractivity contribution >= 4 is 17.7 Å². The topological polar surface area (TPSA) is 29.1 Å². The Bertz CT molecular complexity index is 395. The van der Waals surface area contributed by atoms with Gasteiger partial charge >= 0.3 is 0 Å². The van der Waals surface area contributed by atoms with Crippen molar-refractivity contribution in [2.45, 2.75) is 13.8 Å². The van der Waals surface area contributed by atoms with Crippen LogP contribution in [0.15, 0.2) is 18.2 Å². The minimum absolute atomic E-state index is 0.129. The van der Waals surface area contributed by atoms with Gasteiger partial charge in [-0.05, 0) is 48.6 Å². The third kappa shape index (κ3) is 4.38. The van der Waals surface area contributed by atoms with Crippen LogP contribution in [0.5, 0.6) is 0 Å². The number of rotatable bonds is 5. The summed E-state index contributed by atoms with van der Waals surface area (Å²) in [4.78, 5) is 11.8. The van der Waals surface area contributed by atoms with Crippen LogP contribution in [-0.4, -0.2) is 24.5 Å². The van der Waals surface area contributed by atoms with Gasteiger partial charge in [0.15, 0.2) is 0 Å². The van der Waals surface area contributed by atoms with Crippen LogP contribution in [0.4, 0.5) is 4.39 Å². The number of carbonyl (C=O) groups excluding carboxylic acids is 1. The lowest BCUT2D eigenvalue weighted by Gasteiger charge is -2.12. The summed E-state index contributed by atoms with van der Waals surface area (Å²) in [5.41, 5.74) is 1.21. The molecule has 0 radical (unpaired) electrons. The van der Waals surface area contributed by atoms with Gasteiger partial charge in [0.05, 0.1) is 0 Å². The van der Waals surface area contributed by atoms with E-state index < -0.39 is 0 Å². The van der Waals surface area contributed by atoms with Crippen molar-refractivity contribution in [2.75, 3.05) is 18.6 Å². The zero-order chi connectivity index (χ0) is 12.8. The predicted octanol–water partition coefficient (Wildman–Crippen LogP) is 2.86. The Labute approximate surface area is 106 Å². The zero-order valence-corrected chi connectivity index (χ0v) is 11.2. The summed E-state index contributed by atoms with van der Waals surface area (Å²) >= 11 is 1.76. The standard InChI is InChI=1S/C13H18FNOS/c1-9(8-17-3)7-15-13(16)12-5-4-11(14)6-10(12)2/h4-6,9H,7-8H2,1-3H3,(H,15,16). The second kappa shape index (κ2) is 6.64. The molecule has 0 fully saturated rings. The van der Waals surface area contributed by atoms with Crippen LogP contribution in [-0.2, 0) is 0 Å². The lowest BCUT2D eigenvalue weighted by Crippen LogP contribution is -2.29. The largest absolute Gasteiger partial charge is 0.352 e. The molecule has 0 saturated carbocycles. The van der Waals surface area contributed by atoms with Crippen LogP contribution < -0.4 is 5.32 Å². The van der Waals surface area contributed by atoms with Crippen molar-refractivity contribution in [1.82, 2.24) is 5.32 Å². The van der Waals surface area contributed by atoms with Crippen LogP contribution in [0.1, 0.15) is 22.8 Å². The van der Waals surface area contributed by atoms with Crippen LogP contribution in [0, 0.1) is 18.7 Å². The van der Waals surface area contributed by atoms with E-state index in [4.69, 9.17) is 0 Å². The molecule has 4 heteroatoms. The molecule has 1 amide bonds. The van der Waals surface area contributed by atoms with Gasteiger partial charge in [-0.3, -0.25) is 4.79 Å². The highest BCUT2D eigenvalue weighted by Crippen LogP contribution is 2.10. The number of amides is 1. The Balaban J connectivity index is 2.58. The van der Waals surface area contributed by atoms with Gasteiger partial charge in [0.2, 0.25) is 0 Å². The fraction of sp³-hybridized carbons (Fsp3) is 0.462. The van der Waals surface area contributed by atoms with Crippen molar-refractivity contribution < 1.29 is 9.18 Å². The van der Waals surface area contributed by atoms with Gasteiger partial charge in [-0.25, -0.2) is 4.39 Å². The van der Waals surface area contributed by atoms with Crippen LogP contribution in [0.2, 0.25) is 0 Å². The second-order valence-corrected chi connectivity index (χ2v) is 5.14. The molecule has 1 aromatic carbocycles. The quantitative estimate of drug-likeness (QED) is 0.876. The molecule has 1 N–H and O–H groups in total. The first-order valence-electron chi connectivity index (χ1n) is 5.58. The maximum Gasteiger partial charge on any atom is 0.251 e. The minimum atomic E-state index is -0.310. The maximum absolute atomic E-state index is 12.9. The normalized spacial score (nSPS) is 12.2. The van der Waals surface area contributed by atoms with Gasteiger partial charge in [-0.2, -0.15) is 11.8 Å². The Hall–Kier alpha value is -1.03. The Kier molecular flexibility index (Phi) is 5.48. The molecule has 1 unspecified atom stereocenters. The number of hydrogen-bond acceptors (Lipinski definition) is 2. The highest BCUT2D eigenvalue weighted by molar-refractivity contribution is 7.98. The number of nitrogens with one attached hydrogen (secondary N) is 1. The van der Waals surface area contributed by atoms with Gasteiger partial charge in [0, 0.05) is 12.1 Å². The van der Waals surface area contributed by atoms with Crippen molar-refractivity contribution in [3.05, 3.63) is 35.1 Å². The summed E-state index contributed by atoms with van der Waals surface area (Å²) in [5, 5.41) is 2.87. The molecule has 2 nitrogen and oxygen atoms in total. The highest BCUT2D eigenvalue weighted by Gasteiger charge is 2.10. The molecule has 0 bridgehead atoms. The number of benzene rings is 1. The Morgan fingerprint density at radius 2 is 2.24 bits per heavy atom. The third-order valence-electron chi connectivity index (χ3n) is 2.50. The van der Waals surface area contributed by atoms with E-state index in [0.29, 0.717) is 23.6 Å². The average Bonchev–Trinajstić information content (AvgIpc) is 2.26. The van der Waals surface area contributed by atoms with Crippen LogP contribution >= 0.6 is 11.8 Å². The summed E-state index contributed by atoms with van der Waals surface area (Å²) in [5.74, 6) is 1.02. The van der Waals surface area contributed by atoms with E-state index >= 15 is 0 Å². The smallest absolute Gasteiger partial charge is 0.251 e. The fourth-order valence-corrected chi connectivity index (χ4v) is 2.27. The molecule has 1 rings (SSSR count). The van der Waals surface area contributed by atoms with Gasteiger partial charge in [-0.1, -0.05) is 6.92 Å². The van der Waals surface area contributed by atoms with Crippen LogP contribution in [0.3, 0.4) is 0 Å². The lowest BCUT2D eigenvalue weighted by atomic mass is 10.1. The van der Waals surface area contributed by atoms with E-state index in [1.54, 1.807) is 18.7 Å². The monoisotopic (exact) mass is 255 g/mol. The minimum Gasteiger partial charge on any atom is -0.352 e. The van der Waals surface area contributed by atoms with Crippen molar-refractivity contribution in [3.8, 4) is 0 Å². The van der Waals surface area contributed by atoms with Crippen molar-refractivity contribution in [2.24, 2.45) is 5.92 Å². The molecule has 1 aromatic rings. The van der Waals surface area contributed by atoms with Crippen molar-refractivity contribution in [3.63, 3.8) is 0 Å². The zero-order valence-electron chi connectivity index (χ0n) is 10.4. The summed E-state index contributed by atoms with van der Waals surface area (Å²) < 4.78 is 12.9. The van der Waals surface area contributed by atoms with E-state index in [9.17, 15) is 9.18 Å². The van der Waals surface area contributed by atoms with Crippen molar-refractivity contribution in [1.29, 1.82) is 0 Å². The molecule has 0 aliphatic carbocycles. The van der Waals surface area contributed by atoms with E-state index in [-0.39, 0.29) is 11.7 Å². The molecular weight excluding hydrogens is 237 g/mol. The summed E-state index contributed by atoms with van der Waals surface area (Å²) in [6.07, 6.45) is 2.04. The summed E-state index contributed by atoms with van der Waals surface area (Å²) in [7, 11) is 0. The first-order chi connectivity index (χ1) is 8.04. The predicted molar refractivity (Wildman–Crippen MR) is 71.0 cm³/mol. The average molecular weight is 255 g/mol. The Morgan fingerprint density at radius 1 is 1.53 bits per heavy atom. The summed E-state index contributed by atoms with van der Waals surface area (Å²) in [6, 6.07) is 4.21. The van der Waals surface area contributed by atoms with E-state index in [2.05, 4.69) is 12.2 Å². The molecule has 94 valence electrons. The molecule has 0 saturated heterocycles. The lowest BCUT2D eigenvalue weighted by molar-refractivity contribution is 0.0948. The molecule has 1 atom stereocenters. The second-order valence-electron chi connectivity index (χ2n) is 4.23. The summed E-state index contributed by atoms with van der Waals surface area (Å²) in [6.45, 7) is 4.48. The molecule has 0 aromatic heterocycles. The molecule has 0 spiro atoms. The fourth-order valence-electron chi connectivity index (χ4n) is 1.59. The molecular formula is C13H18FNOS. The third-order valence-corrected chi connectivity index (χ3v) is 3.40. The molecule has 0 heterocycles. The first kappa shape index (κ1) is 14.0. The van der Waals surface area contributed by atoms with Gasteiger partial charge in [-0.15, -0.1) is 0 Å². The highest BCUT2D eigenvalue weighted by atomic mass is 32.2. The molecule has 0 aliphatic heterocycles. The van der Waals surface area contributed by atoms with E-state index in [1.165, 1.54) is 18.2 Å². The van der Waals surface area contributed by atoms with Gasteiger partial charge < -0.3 is 5.32 Å².